The second-order valence-electron chi connectivity index (χ2n) is 2.71. The summed E-state index contributed by atoms with van der Waals surface area (Å²) in [6.45, 7) is 0. The summed E-state index contributed by atoms with van der Waals surface area (Å²) in [5, 5.41) is 0. The van der Waals surface area contributed by atoms with Gasteiger partial charge in [0.25, 0.3) is 0 Å². The van der Waals surface area contributed by atoms with Crippen LogP contribution in [-0.2, 0) is 6.42 Å². The van der Waals surface area contributed by atoms with Crippen LogP contribution in [0.5, 0.6) is 0 Å². The number of carbonyl (C=O) groups is 1. The molecule has 0 saturated heterocycles. The Balaban J connectivity index is 2.52. The van der Waals surface area contributed by atoms with E-state index >= 15 is 0 Å². The molecule has 2 heteroatoms. The van der Waals surface area contributed by atoms with Crippen molar-refractivity contribution >= 4 is 5.78 Å². The van der Waals surface area contributed by atoms with Gasteiger partial charge in [-0.15, -0.1) is 0 Å². The van der Waals surface area contributed by atoms with E-state index in [2.05, 4.69) is 11.2 Å². The maximum atomic E-state index is 11.2. The summed E-state index contributed by atoms with van der Waals surface area (Å²) >= 11 is 0. The van der Waals surface area contributed by atoms with E-state index in [1.807, 2.05) is 6.07 Å². The fourth-order valence-electron chi connectivity index (χ4n) is 1.39. The van der Waals surface area contributed by atoms with Crippen LogP contribution in [0.25, 0.3) is 0 Å². The van der Waals surface area contributed by atoms with E-state index in [4.69, 9.17) is 0 Å². The molecule has 0 aromatic carbocycles. The maximum Gasteiger partial charge on any atom is 0.164 e. The molecule has 0 spiro atoms. The first kappa shape index (κ1) is 6.53. The maximum absolute atomic E-state index is 11.2. The monoisotopic (exact) mass is 146 g/mol. The summed E-state index contributed by atoms with van der Waals surface area (Å²) in [6, 6.07) is 3.51. The van der Waals surface area contributed by atoms with E-state index in [9.17, 15) is 4.79 Å². The summed E-state index contributed by atoms with van der Waals surface area (Å²) in [6.07, 6.45) is 5.29. The molecule has 0 atom stereocenters. The summed E-state index contributed by atoms with van der Waals surface area (Å²) < 4.78 is 0. The van der Waals surface area contributed by atoms with Crippen LogP contribution in [-0.4, -0.2) is 10.8 Å². The van der Waals surface area contributed by atoms with Crippen molar-refractivity contribution in [3.63, 3.8) is 0 Å². The Bertz CT molecular complexity index is 293. The average molecular weight is 146 g/mol. The third-order valence-corrected chi connectivity index (χ3v) is 1.95. The third kappa shape index (κ3) is 1.04. The highest BCUT2D eigenvalue weighted by Gasteiger charge is 2.16. The quantitative estimate of drug-likeness (QED) is 0.553. The molecule has 0 amide bonds. The van der Waals surface area contributed by atoms with E-state index in [0.717, 1.165) is 24.1 Å². The highest BCUT2D eigenvalue weighted by Crippen LogP contribution is 2.17. The van der Waals surface area contributed by atoms with Crippen LogP contribution < -0.4 is 0 Å². The minimum Gasteiger partial charge on any atom is -0.294 e. The lowest BCUT2D eigenvalue weighted by atomic mass is 9.95. The van der Waals surface area contributed by atoms with E-state index < -0.39 is 0 Å². The third-order valence-electron chi connectivity index (χ3n) is 1.95. The number of rotatable bonds is 0. The first-order valence-electron chi connectivity index (χ1n) is 3.77. The van der Waals surface area contributed by atoms with Crippen molar-refractivity contribution in [2.45, 2.75) is 19.3 Å². The Hall–Kier alpha value is -1.18. The number of aromatic nitrogens is 1. The Morgan fingerprint density at radius 1 is 1.45 bits per heavy atom. The number of carbonyl (C=O) groups excluding carboxylic acids is 1. The van der Waals surface area contributed by atoms with Crippen molar-refractivity contribution in [1.29, 1.82) is 0 Å². The lowest BCUT2D eigenvalue weighted by Crippen LogP contribution is -2.11. The van der Waals surface area contributed by atoms with E-state index in [0.29, 0.717) is 6.42 Å². The first-order valence-corrected chi connectivity index (χ1v) is 3.77. The van der Waals surface area contributed by atoms with Gasteiger partial charge in [-0.1, -0.05) is 0 Å². The van der Waals surface area contributed by atoms with Crippen LogP contribution in [0.15, 0.2) is 12.1 Å². The molecule has 0 unspecified atom stereocenters. The number of fused-ring (bicyclic) bond motifs is 1. The van der Waals surface area contributed by atoms with Crippen LogP contribution in [0.4, 0.5) is 0 Å². The summed E-state index contributed by atoms with van der Waals surface area (Å²) in [5.41, 5.74) is 1.72. The Morgan fingerprint density at radius 3 is 3.18 bits per heavy atom. The largest absolute Gasteiger partial charge is 0.294 e. The van der Waals surface area contributed by atoms with Crippen molar-refractivity contribution in [1.82, 2.24) is 4.98 Å². The number of Topliss-reactive ketones (excluding diaryl/α,β-unsaturated/α-hetero) is 1. The Morgan fingerprint density at radius 2 is 2.36 bits per heavy atom. The van der Waals surface area contributed by atoms with Crippen molar-refractivity contribution < 1.29 is 4.79 Å². The van der Waals surface area contributed by atoms with Crippen LogP contribution in [0, 0.1) is 6.20 Å². The SMILES string of the molecule is O=C1CCCc2n[c]ccc21. The second kappa shape index (κ2) is 2.46. The van der Waals surface area contributed by atoms with Gasteiger partial charge in [-0.2, -0.15) is 0 Å². The number of aryl methyl sites for hydroxylation is 1. The summed E-state index contributed by atoms with van der Waals surface area (Å²) in [7, 11) is 0. The van der Waals surface area contributed by atoms with Crippen LogP contribution >= 0.6 is 0 Å². The first-order chi connectivity index (χ1) is 5.38. The van der Waals surface area contributed by atoms with Gasteiger partial charge < -0.3 is 0 Å². The van der Waals surface area contributed by atoms with Gasteiger partial charge in [0.15, 0.2) is 5.78 Å². The van der Waals surface area contributed by atoms with Crippen molar-refractivity contribution in [2.24, 2.45) is 0 Å². The minimum atomic E-state index is 0.229. The predicted octanol–water partition coefficient (Wildman–Crippen LogP) is 1.40. The fraction of sp³-hybridized carbons (Fsp3) is 0.333. The molecule has 0 aliphatic heterocycles. The van der Waals surface area contributed by atoms with E-state index in [-0.39, 0.29) is 5.78 Å². The molecule has 1 aromatic heterocycles. The molecule has 2 nitrogen and oxygen atoms in total. The molecule has 1 heterocycles. The molecule has 0 N–H and O–H groups in total. The molecule has 1 radical (unpaired) electrons. The zero-order valence-electron chi connectivity index (χ0n) is 6.13. The number of hydrogen-bond donors (Lipinski definition) is 0. The molecule has 55 valence electrons. The molecular formula is C9H8NO. The Labute approximate surface area is 65.3 Å². The van der Waals surface area contributed by atoms with Crippen molar-refractivity contribution in [2.75, 3.05) is 0 Å². The molecule has 2 rings (SSSR count). The molecular weight excluding hydrogens is 138 g/mol. The summed E-state index contributed by atoms with van der Waals surface area (Å²) in [5.74, 6) is 0.229. The standard InChI is InChI=1S/C9H8NO/c11-9-5-1-4-8-7(9)3-2-6-10-8/h2-3H,1,4-5H2. The number of nitrogens with zero attached hydrogens (tertiary/aromatic N) is 1. The molecule has 1 aliphatic rings. The highest BCUT2D eigenvalue weighted by atomic mass is 16.1. The topological polar surface area (TPSA) is 30.0 Å². The number of ketones is 1. The van der Waals surface area contributed by atoms with Crippen LogP contribution in [0.2, 0.25) is 0 Å². The van der Waals surface area contributed by atoms with Crippen molar-refractivity contribution in [3.8, 4) is 0 Å². The van der Waals surface area contributed by atoms with Gasteiger partial charge in [0.05, 0.1) is 11.9 Å². The second-order valence-corrected chi connectivity index (χ2v) is 2.71. The average Bonchev–Trinajstić information content (AvgIpc) is 2.06. The van der Waals surface area contributed by atoms with Gasteiger partial charge >= 0.3 is 0 Å². The van der Waals surface area contributed by atoms with Gasteiger partial charge in [-0.25, -0.2) is 0 Å². The zero-order chi connectivity index (χ0) is 7.68. The molecule has 0 fully saturated rings. The Kier molecular flexibility index (Phi) is 1.46. The number of pyridine rings is 1. The normalized spacial score (nSPS) is 16.2. The van der Waals surface area contributed by atoms with Gasteiger partial charge in [0.1, 0.15) is 0 Å². The van der Waals surface area contributed by atoms with Crippen LogP contribution in [0.3, 0.4) is 0 Å². The van der Waals surface area contributed by atoms with E-state index in [1.54, 1.807) is 6.07 Å². The molecule has 11 heavy (non-hydrogen) atoms. The fourth-order valence-corrected chi connectivity index (χ4v) is 1.39. The lowest BCUT2D eigenvalue weighted by molar-refractivity contribution is 0.0971. The van der Waals surface area contributed by atoms with Gasteiger partial charge in [0, 0.05) is 12.0 Å². The van der Waals surface area contributed by atoms with Crippen LogP contribution in [0.1, 0.15) is 28.9 Å². The smallest absolute Gasteiger partial charge is 0.164 e. The zero-order valence-corrected chi connectivity index (χ0v) is 6.13. The summed E-state index contributed by atoms with van der Waals surface area (Å²) in [4.78, 5) is 15.3. The molecule has 1 aliphatic carbocycles. The number of hydrogen-bond acceptors (Lipinski definition) is 2. The molecule has 1 aromatic rings. The molecule has 0 saturated carbocycles. The predicted molar refractivity (Wildman–Crippen MR) is 40.3 cm³/mol. The highest BCUT2D eigenvalue weighted by molar-refractivity contribution is 5.97. The van der Waals surface area contributed by atoms with Gasteiger partial charge in [-0.3, -0.25) is 9.78 Å². The van der Waals surface area contributed by atoms with E-state index in [1.165, 1.54) is 0 Å². The lowest BCUT2D eigenvalue weighted by Gasteiger charge is -2.11. The van der Waals surface area contributed by atoms with Crippen molar-refractivity contribution in [3.05, 3.63) is 29.6 Å². The van der Waals surface area contributed by atoms with Gasteiger partial charge in [-0.05, 0) is 25.0 Å². The molecule has 0 bridgehead atoms. The van der Waals surface area contributed by atoms with Gasteiger partial charge in [0.2, 0.25) is 0 Å². The minimum absolute atomic E-state index is 0.229.